The first kappa shape index (κ1) is 20.0. The van der Waals surface area contributed by atoms with Crippen molar-refractivity contribution in [1.29, 1.82) is 0 Å². The first-order valence-corrected chi connectivity index (χ1v) is 8.47. The molecule has 1 atom stereocenters. The topological polar surface area (TPSA) is 67.4 Å². The lowest BCUT2D eigenvalue weighted by Crippen LogP contribution is -2.49. The van der Waals surface area contributed by atoms with Gasteiger partial charge in [-0.25, -0.2) is 0 Å². The van der Waals surface area contributed by atoms with E-state index >= 15 is 0 Å². The average Bonchev–Trinajstić information content (AvgIpc) is 2.48. The molecule has 0 unspecified atom stereocenters. The van der Waals surface area contributed by atoms with Crippen LogP contribution in [0.3, 0.4) is 0 Å². The van der Waals surface area contributed by atoms with Gasteiger partial charge in [0, 0.05) is 13.5 Å². The quantitative estimate of drug-likeness (QED) is 0.718. The maximum Gasteiger partial charge on any atom is 0.242 e. The third-order valence-corrected chi connectivity index (χ3v) is 3.95. The monoisotopic (exact) mass is 334 g/mol. The molecule has 1 rings (SSSR count). The molecular weight excluding hydrogens is 304 g/mol. The minimum Gasteiger partial charge on any atom is -0.493 e. The van der Waals surface area contributed by atoms with E-state index in [1.807, 2.05) is 33.8 Å². The minimum absolute atomic E-state index is 0.0445. The van der Waals surface area contributed by atoms with Gasteiger partial charge in [-0.15, -0.1) is 0 Å². The first-order valence-electron chi connectivity index (χ1n) is 8.47. The van der Waals surface area contributed by atoms with E-state index in [0.717, 1.165) is 11.3 Å². The molecule has 0 aromatic heterocycles. The van der Waals surface area contributed by atoms with Crippen molar-refractivity contribution in [2.24, 2.45) is 5.92 Å². The van der Waals surface area contributed by atoms with E-state index in [4.69, 9.17) is 4.74 Å². The smallest absolute Gasteiger partial charge is 0.242 e. The fraction of sp³-hybridized carbons (Fsp3) is 0.579. The van der Waals surface area contributed by atoms with Gasteiger partial charge in [-0.1, -0.05) is 19.9 Å². The second kappa shape index (κ2) is 9.30. The summed E-state index contributed by atoms with van der Waals surface area (Å²) in [5.41, 5.74) is 3.54. The van der Waals surface area contributed by atoms with Gasteiger partial charge in [-0.3, -0.25) is 9.59 Å². The fourth-order valence-electron chi connectivity index (χ4n) is 2.48. The molecule has 2 N–H and O–H groups in total. The maximum absolute atomic E-state index is 12.1. The van der Waals surface area contributed by atoms with Crippen LogP contribution in [0.1, 0.15) is 43.9 Å². The Morgan fingerprint density at radius 3 is 2.42 bits per heavy atom. The number of benzene rings is 1. The summed E-state index contributed by atoms with van der Waals surface area (Å²) in [5, 5.41) is 5.54. The molecular formula is C19H30N2O3. The zero-order valence-corrected chi connectivity index (χ0v) is 15.7. The molecule has 0 aliphatic heterocycles. The maximum atomic E-state index is 12.1. The molecule has 24 heavy (non-hydrogen) atoms. The summed E-state index contributed by atoms with van der Waals surface area (Å²) in [7, 11) is 0. The standard InChI is InChI=1S/C19H30N2O3/c1-12(2)18(21-16(6)22)19(23)20-8-7-9-24-17-11-13(3)10-14(4)15(17)5/h10-12,18H,7-9H2,1-6H3,(H,20,23)(H,21,22)/t18-/m0/s1. The third kappa shape index (κ3) is 6.22. The van der Waals surface area contributed by atoms with Gasteiger partial charge in [0.15, 0.2) is 0 Å². The van der Waals surface area contributed by atoms with Gasteiger partial charge in [0.1, 0.15) is 11.8 Å². The molecule has 0 saturated heterocycles. The number of nitrogens with one attached hydrogen (secondary N) is 2. The summed E-state index contributed by atoms with van der Waals surface area (Å²) in [6.45, 7) is 12.5. The number of rotatable bonds is 8. The number of hydrogen-bond acceptors (Lipinski definition) is 3. The van der Waals surface area contributed by atoms with Gasteiger partial charge in [-0.05, 0) is 55.9 Å². The summed E-state index contributed by atoms with van der Waals surface area (Å²) in [4.78, 5) is 23.3. The Kier molecular flexibility index (Phi) is 7.75. The van der Waals surface area contributed by atoms with E-state index in [9.17, 15) is 9.59 Å². The van der Waals surface area contributed by atoms with Gasteiger partial charge in [0.25, 0.3) is 0 Å². The Balaban J connectivity index is 2.41. The number of ether oxygens (including phenoxy) is 1. The van der Waals surface area contributed by atoms with E-state index in [1.54, 1.807) is 0 Å². The summed E-state index contributed by atoms with van der Waals surface area (Å²) in [5.74, 6) is 0.598. The lowest BCUT2D eigenvalue weighted by molar-refractivity contribution is -0.129. The van der Waals surface area contributed by atoms with Crippen molar-refractivity contribution >= 4 is 11.8 Å². The molecule has 1 aromatic carbocycles. The van der Waals surface area contributed by atoms with Crippen molar-refractivity contribution in [3.05, 3.63) is 28.8 Å². The molecule has 0 heterocycles. The normalized spacial score (nSPS) is 12.0. The highest BCUT2D eigenvalue weighted by Crippen LogP contribution is 2.23. The summed E-state index contributed by atoms with van der Waals surface area (Å²) in [6, 6.07) is 3.67. The lowest BCUT2D eigenvalue weighted by Gasteiger charge is -2.21. The van der Waals surface area contributed by atoms with Crippen molar-refractivity contribution in [3.63, 3.8) is 0 Å². The van der Waals surface area contributed by atoms with Crippen LogP contribution in [-0.4, -0.2) is 31.0 Å². The number of aryl methyl sites for hydroxylation is 2. The number of carbonyl (C=O) groups excluding carboxylic acids is 2. The number of carbonyl (C=O) groups is 2. The number of hydrogen-bond donors (Lipinski definition) is 2. The second-order valence-corrected chi connectivity index (χ2v) is 6.62. The molecule has 1 aromatic rings. The number of amides is 2. The molecule has 0 spiro atoms. The molecule has 134 valence electrons. The molecule has 5 nitrogen and oxygen atoms in total. The van der Waals surface area contributed by atoms with Crippen LogP contribution in [0, 0.1) is 26.7 Å². The highest BCUT2D eigenvalue weighted by atomic mass is 16.5. The fourth-order valence-corrected chi connectivity index (χ4v) is 2.48. The van der Waals surface area contributed by atoms with E-state index in [-0.39, 0.29) is 17.7 Å². The molecule has 0 aliphatic rings. The minimum atomic E-state index is -0.495. The van der Waals surface area contributed by atoms with Crippen LogP contribution in [-0.2, 0) is 9.59 Å². The van der Waals surface area contributed by atoms with E-state index in [2.05, 4.69) is 23.6 Å². The zero-order valence-electron chi connectivity index (χ0n) is 15.7. The molecule has 0 radical (unpaired) electrons. The average molecular weight is 334 g/mol. The molecule has 2 amide bonds. The largest absolute Gasteiger partial charge is 0.493 e. The van der Waals surface area contributed by atoms with Crippen molar-refractivity contribution in [2.45, 2.75) is 54.0 Å². The molecule has 0 aliphatic carbocycles. The van der Waals surface area contributed by atoms with Gasteiger partial charge < -0.3 is 15.4 Å². The molecule has 0 fully saturated rings. The van der Waals surface area contributed by atoms with Gasteiger partial charge >= 0.3 is 0 Å². The van der Waals surface area contributed by atoms with E-state index in [0.29, 0.717) is 19.6 Å². The Morgan fingerprint density at radius 1 is 1.17 bits per heavy atom. The Morgan fingerprint density at radius 2 is 1.83 bits per heavy atom. The van der Waals surface area contributed by atoms with Crippen LogP contribution in [0.2, 0.25) is 0 Å². The van der Waals surface area contributed by atoms with Gasteiger partial charge in [0.05, 0.1) is 6.61 Å². The molecule has 5 heteroatoms. The summed E-state index contributed by atoms with van der Waals surface area (Å²) < 4.78 is 5.83. The van der Waals surface area contributed by atoms with Crippen LogP contribution < -0.4 is 15.4 Å². The van der Waals surface area contributed by atoms with Crippen LogP contribution in [0.4, 0.5) is 0 Å². The summed E-state index contributed by atoms with van der Waals surface area (Å²) >= 11 is 0. The van der Waals surface area contributed by atoms with Crippen molar-refractivity contribution in [1.82, 2.24) is 10.6 Å². The van der Waals surface area contributed by atoms with Crippen LogP contribution >= 0.6 is 0 Å². The van der Waals surface area contributed by atoms with Crippen LogP contribution in [0.5, 0.6) is 5.75 Å². The highest BCUT2D eigenvalue weighted by Gasteiger charge is 2.22. The van der Waals surface area contributed by atoms with Gasteiger partial charge in [-0.2, -0.15) is 0 Å². The predicted molar refractivity (Wildman–Crippen MR) is 96.2 cm³/mol. The second-order valence-electron chi connectivity index (χ2n) is 6.62. The van der Waals surface area contributed by atoms with Crippen molar-refractivity contribution < 1.29 is 14.3 Å². The SMILES string of the molecule is CC(=O)N[C@H](C(=O)NCCCOc1cc(C)cc(C)c1C)C(C)C. The van der Waals surface area contributed by atoms with E-state index < -0.39 is 6.04 Å². The summed E-state index contributed by atoms with van der Waals surface area (Å²) in [6.07, 6.45) is 0.711. The van der Waals surface area contributed by atoms with Crippen molar-refractivity contribution in [3.8, 4) is 5.75 Å². The van der Waals surface area contributed by atoms with Crippen LogP contribution in [0.15, 0.2) is 12.1 Å². The third-order valence-electron chi connectivity index (χ3n) is 3.95. The zero-order chi connectivity index (χ0) is 18.3. The Hall–Kier alpha value is -2.04. The van der Waals surface area contributed by atoms with Crippen LogP contribution in [0.25, 0.3) is 0 Å². The van der Waals surface area contributed by atoms with Crippen molar-refractivity contribution in [2.75, 3.05) is 13.2 Å². The highest BCUT2D eigenvalue weighted by molar-refractivity contribution is 5.86. The lowest BCUT2D eigenvalue weighted by atomic mass is 10.0. The van der Waals surface area contributed by atoms with E-state index in [1.165, 1.54) is 18.1 Å². The Bertz CT molecular complexity index is 582. The first-order chi connectivity index (χ1) is 11.2. The van der Waals surface area contributed by atoms with Gasteiger partial charge in [0.2, 0.25) is 11.8 Å². The predicted octanol–water partition coefficient (Wildman–Crippen LogP) is 2.66. The Labute approximate surface area is 145 Å². The molecule has 0 bridgehead atoms. The molecule has 0 saturated carbocycles.